The molecule has 0 fully saturated rings. The van der Waals surface area contributed by atoms with Crippen molar-refractivity contribution in [2.75, 3.05) is 6.61 Å². The number of carbonyl (C=O) groups is 2. The first-order valence-corrected chi connectivity index (χ1v) is 14.9. The maximum atomic E-state index is 13.6. The van der Waals surface area contributed by atoms with Crippen molar-refractivity contribution < 1.29 is 19.4 Å². The molecule has 42 heavy (non-hydrogen) atoms. The van der Waals surface area contributed by atoms with E-state index in [0.29, 0.717) is 24.5 Å². The zero-order chi connectivity index (χ0) is 30.2. The van der Waals surface area contributed by atoms with E-state index in [4.69, 9.17) is 4.74 Å². The Morgan fingerprint density at radius 1 is 1.02 bits per heavy atom. The Hall–Kier alpha value is -3.91. The van der Waals surface area contributed by atoms with Crippen LogP contribution in [0.3, 0.4) is 0 Å². The number of nitrogens with one attached hydrogen (secondary N) is 3. The number of aromatic nitrogens is 2. The van der Waals surface area contributed by atoms with Crippen LogP contribution in [-0.2, 0) is 16.0 Å². The predicted octanol–water partition coefficient (Wildman–Crippen LogP) is 5.60. The lowest BCUT2D eigenvalue weighted by Crippen LogP contribution is -2.54. The molecule has 1 aromatic heterocycles. The van der Waals surface area contributed by atoms with Crippen LogP contribution in [0.5, 0.6) is 0 Å². The number of aliphatic hydroxyl groups is 1. The Balaban J connectivity index is 1.45. The molecular formula is C34H44N4O4. The minimum Gasteiger partial charge on any atom is -0.449 e. The van der Waals surface area contributed by atoms with Crippen molar-refractivity contribution >= 4 is 12.0 Å². The summed E-state index contributed by atoms with van der Waals surface area (Å²) in [6, 6.07) is 14.9. The number of H-pyrrole nitrogens is 1. The van der Waals surface area contributed by atoms with Gasteiger partial charge in [0.2, 0.25) is 5.91 Å². The standard InChI is InChI=1S/C34H44N4O4/c1-6-23(22(4)5)16-32(39)30(15-21(2)3)37-33(40)31(17-24-18-35-20-36-24)38-34(41)42-19-29-27-13-9-7-11-25(27)26-12-8-10-14-28(26)29/h6-14,18,20-23,29-32,39H,1,15-17,19H2,2-5H3,(H,35,36)(H,37,40)(H,38,41)/t23-,30-,31-,32-/m0/s1. The summed E-state index contributed by atoms with van der Waals surface area (Å²) in [5, 5.41) is 17.0. The summed E-state index contributed by atoms with van der Waals surface area (Å²) in [4.78, 5) is 33.8. The summed E-state index contributed by atoms with van der Waals surface area (Å²) >= 11 is 0. The van der Waals surface area contributed by atoms with Crippen molar-refractivity contribution in [3.63, 3.8) is 0 Å². The van der Waals surface area contributed by atoms with Gasteiger partial charge < -0.3 is 25.5 Å². The summed E-state index contributed by atoms with van der Waals surface area (Å²) in [5.41, 5.74) is 5.21. The van der Waals surface area contributed by atoms with E-state index in [1.165, 1.54) is 6.33 Å². The van der Waals surface area contributed by atoms with Crippen molar-refractivity contribution in [1.82, 2.24) is 20.6 Å². The zero-order valence-corrected chi connectivity index (χ0v) is 25.0. The maximum Gasteiger partial charge on any atom is 0.407 e. The fourth-order valence-corrected chi connectivity index (χ4v) is 5.79. The summed E-state index contributed by atoms with van der Waals surface area (Å²) in [6.07, 6.45) is 4.86. The minimum atomic E-state index is -0.928. The number of allylic oxidation sites excluding steroid dienone is 1. The van der Waals surface area contributed by atoms with E-state index < -0.39 is 24.3 Å². The van der Waals surface area contributed by atoms with Crippen molar-refractivity contribution in [3.8, 4) is 11.1 Å². The number of amides is 2. The van der Waals surface area contributed by atoms with Crippen molar-refractivity contribution in [2.24, 2.45) is 17.8 Å². The van der Waals surface area contributed by atoms with Crippen LogP contribution < -0.4 is 10.6 Å². The van der Waals surface area contributed by atoms with Crippen LogP contribution in [0.15, 0.2) is 73.7 Å². The van der Waals surface area contributed by atoms with Gasteiger partial charge in [-0.15, -0.1) is 6.58 Å². The summed E-state index contributed by atoms with van der Waals surface area (Å²) in [5.74, 6) is 0.199. The third kappa shape index (κ3) is 7.68. The van der Waals surface area contributed by atoms with Crippen molar-refractivity contribution in [1.29, 1.82) is 0 Å². The van der Waals surface area contributed by atoms with Gasteiger partial charge in [0.25, 0.3) is 0 Å². The summed E-state index contributed by atoms with van der Waals surface area (Å²) in [7, 11) is 0. The van der Waals surface area contributed by atoms with Crippen LogP contribution in [0.2, 0.25) is 0 Å². The van der Waals surface area contributed by atoms with E-state index in [1.54, 1.807) is 6.20 Å². The van der Waals surface area contributed by atoms with Gasteiger partial charge in [-0.25, -0.2) is 9.78 Å². The Bertz CT molecular complexity index is 1290. The fraction of sp³-hybridized carbons (Fsp3) is 0.441. The Morgan fingerprint density at radius 3 is 2.21 bits per heavy atom. The number of rotatable bonds is 14. The fourth-order valence-electron chi connectivity index (χ4n) is 5.79. The van der Waals surface area contributed by atoms with E-state index in [-0.39, 0.29) is 36.7 Å². The number of fused-ring (bicyclic) bond motifs is 3. The Labute approximate surface area is 249 Å². The molecule has 224 valence electrons. The Kier molecular flexibility index (Phi) is 10.6. The molecule has 8 heteroatoms. The smallest absolute Gasteiger partial charge is 0.407 e. The number of aromatic amines is 1. The van der Waals surface area contributed by atoms with Crippen LogP contribution >= 0.6 is 0 Å². The SMILES string of the molecule is C=C[C@@H](C[C@H](O)[C@H](CC(C)C)NC(=O)[C@H](Cc1cnc[nH]1)NC(=O)OCC1c2ccccc2-c2ccccc21)C(C)C. The van der Waals surface area contributed by atoms with E-state index in [0.717, 1.165) is 22.3 Å². The number of hydrogen-bond acceptors (Lipinski definition) is 5. The first kappa shape index (κ1) is 31.0. The molecule has 1 aliphatic rings. The molecule has 0 spiro atoms. The lowest BCUT2D eigenvalue weighted by Gasteiger charge is -2.30. The molecule has 0 unspecified atom stereocenters. The summed E-state index contributed by atoms with van der Waals surface area (Å²) in [6.45, 7) is 12.4. The predicted molar refractivity (Wildman–Crippen MR) is 165 cm³/mol. The molecule has 8 nitrogen and oxygen atoms in total. The van der Waals surface area contributed by atoms with Gasteiger partial charge in [-0.1, -0.05) is 82.3 Å². The number of benzene rings is 2. The number of nitrogens with zero attached hydrogens (tertiary/aromatic N) is 1. The van der Waals surface area contributed by atoms with Gasteiger partial charge in [-0.3, -0.25) is 4.79 Å². The highest BCUT2D eigenvalue weighted by Gasteiger charge is 2.32. The van der Waals surface area contributed by atoms with Crippen LogP contribution in [0.25, 0.3) is 11.1 Å². The van der Waals surface area contributed by atoms with Crippen molar-refractivity contribution in [3.05, 3.63) is 90.5 Å². The van der Waals surface area contributed by atoms with Crippen LogP contribution in [0, 0.1) is 17.8 Å². The van der Waals surface area contributed by atoms with Crippen LogP contribution in [-0.4, -0.2) is 51.9 Å². The van der Waals surface area contributed by atoms with Crippen LogP contribution in [0.1, 0.15) is 63.3 Å². The first-order chi connectivity index (χ1) is 20.2. The largest absolute Gasteiger partial charge is 0.449 e. The second kappa shape index (κ2) is 14.3. The number of ether oxygens (including phenoxy) is 1. The number of alkyl carbamates (subject to hydrolysis) is 1. The minimum absolute atomic E-state index is 0.0904. The third-order valence-corrected chi connectivity index (χ3v) is 8.12. The number of aliphatic hydroxyl groups excluding tert-OH is 1. The molecular weight excluding hydrogens is 528 g/mol. The first-order valence-electron chi connectivity index (χ1n) is 14.9. The normalized spacial score (nSPS) is 15.4. The molecule has 4 atom stereocenters. The average Bonchev–Trinajstić information content (AvgIpc) is 3.59. The van der Waals surface area contributed by atoms with E-state index >= 15 is 0 Å². The zero-order valence-electron chi connectivity index (χ0n) is 25.0. The van der Waals surface area contributed by atoms with E-state index in [2.05, 4.69) is 79.1 Å². The monoisotopic (exact) mass is 572 g/mol. The molecule has 2 amide bonds. The highest BCUT2D eigenvalue weighted by Crippen LogP contribution is 2.44. The molecule has 2 aromatic carbocycles. The van der Waals surface area contributed by atoms with Gasteiger partial charge in [0, 0.05) is 24.2 Å². The lowest BCUT2D eigenvalue weighted by molar-refractivity contribution is -0.125. The third-order valence-electron chi connectivity index (χ3n) is 8.12. The summed E-state index contributed by atoms with van der Waals surface area (Å²) < 4.78 is 5.73. The number of hydrogen-bond donors (Lipinski definition) is 4. The topological polar surface area (TPSA) is 116 Å². The molecule has 4 rings (SSSR count). The second-order valence-electron chi connectivity index (χ2n) is 12.0. The molecule has 3 aromatic rings. The molecule has 0 saturated heterocycles. The van der Waals surface area contributed by atoms with Gasteiger partial charge in [0.15, 0.2) is 0 Å². The van der Waals surface area contributed by atoms with Gasteiger partial charge in [-0.05, 0) is 52.8 Å². The molecule has 4 N–H and O–H groups in total. The lowest BCUT2D eigenvalue weighted by atomic mass is 9.86. The molecule has 1 aliphatic carbocycles. The molecule has 0 saturated carbocycles. The van der Waals surface area contributed by atoms with Gasteiger partial charge in [0.05, 0.1) is 18.5 Å². The molecule has 1 heterocycles. The second-order valence-corrected chi connectivity index (χ2v) is 12.0. The molecule has 0 aliphatic heterocycles. The van der Waals surface area contributed by atoms with Crippen LogP contribution in [0.4, 0.5) is 4.79 Å². The Morgan fingerprint density at radius 2 is 1.67 bits per heavy atom. The highest BCUT2D eigenvalue weighted by molar-refractivity contribution is 5.86. The average molecular weight is 573 g/mol. The molecule has 0 radical (unpaired) electrons. The van der Waals surface area contributed by atoms with E-state index in [9.17, 15) is 14.7 Å². The quantitative estimate of drug-likeness (QED) is 0.188. The van der Waals surface area contributed by atoms with Gasteiger partial charge in [0.1, 0.15) is 12.6 Å². The maximum absolute atomic E-state index is 13.6. The molecule has 0 bridgehead atoms. The van der Waals surface area contributed by atoms with E-state index in [1.807, 2.05) is 30.3 Å². The van der Waals surface area contributed by atoms with Crippen molar-refractivity contribution in [2.45, 2.75) is 71.1 Å². The highest BCUT2D eigenvalue weighted by atomic mass is 16.5. The van der Waals surface area contributed by atoms with Gasteiger partial charge >= 0.3 is 6.09 Å². The van der Waals surface area contributed by atoms with Gasteiger partial charge in [-0.2, -0.15) is 0 Å². The number of imidazole rings is 1. The number of carbonyl (C=O) groups excluding carboxylic acids is 2.